The van der Waals surface area contributed by atoms with E-state index in [-0.39, 0.29) is 5.78 Å². The van der Waals surface area contributed by atoms with Crippen LogP contribution in [0.15, 0.2) is 41.5 Å². The predicted octanol–water partition coefficient (Wildman–Crippen LogP) is 5.22. The number of aryl methyl sites for hydroxylation is 1. The highest BCUT2D eigenvalue weighted by Crippen LogP contribution is 2.34. The molecule has 0 saturated heterocycles. The number of hydrogen-bond acceptors (Lipinski definition) is 3. The quantitative estimate of drug-likeness (QED) is 0.279. The summed E-state index contributed by atoms with van der Waals surface area (Å²) in [5.74, 6) is 0.356. The second kappa shape index (κ2) is 7.52. The van der Waals surface area contributed by atoms with E-state index in [2.05, 4.69) is 15.0 Å². The SMILES string of the molecule is COc1ccc2[nH]c(C)c(CCN=[N+]=[N-])c2c1C(=O)c1ccc(Cl)cc1. The van der Waals surface area contributed by atoms with Crippen LogP contribution in [0, 0.1) is 6.92 Å². The molecule has 0 aliphatic rings. The molecule has 3 rings (SSSR count). The van der Waals surface area contributed by atoms with Gasteiger partial charge in [0.05, 0.1) is 12.7 Å². The van der Waals surface area contributed by atoms with Crippen LogP contribution in [0.25, 0.3) is 21.3 Å². The molecule has 1 heterocycles. The Morgan fingerprint density at radius 3 is 2.65 bits per heavy atom. The predicted molar refractivity (Wildman–Crippen MR) is 102 cm³/mol. The van der Waals surface area contributed by atoms with Crippen LogP contribution in [0.3, 0.4) is 0 Å². The zero-order chi connectivity index (χ0) is 18.7. The highest BCUT2D eigenvalue weighted by Gasteiger charge is 2.22. The summed E-state index contributed by atoms with van der Waals surface area (Å²) in [7, 11) is 1.54. The largest absolute Gasteiger partial charge is 0.496 e. The van der Waals surface area contributed by atoms with Gasteiger partial charge in [0.1, 0.15) is 5.75 Å². The number of methoxy groups -OCH3 is 1. The molecule has 0 amide bonds. The summed E-state index contributed by atoms with van der Waals surface area (Å²) in [4.78, 5) is 19.3. The van der Waals surface area contributed by atoms with Gasteiger partial charge in [-0.05, 0) is 60.8 Å². The Morgan fingerprint density at radius 1 is 1.27 bits per heavy atom. The molecular formula is C19H17ClN4O2. The highest BCUT2D eigenvalue weighted by molar-refractivity contribution is 6.30. The van der Waals surface area contributed by atoms with Gasteiger partial charge in [0.2, 0.25) is 0 Å². The molecule has 0 fully saturated rings. The van der Waals surface area contributed by atoms with Gasteiger partial charge in [0.15, 0.2) is 5.78 Å². The van der Waals surface area contributed by atoms with E-state index in [4.69, 9.17) is 21.9 Å². The maximum atomic E-state index is 13.2. The molecule has 0 unspecified atom stereocenters. The molecule has 0 bridgehead atoms. The fourth-order valence-electron chi connectivity index (χ4n) is 3.13. The van der Waals surface area contributed by atoms with Crippen molar-refractivity contribution in [2.75, 3.05) is 13.7 Å². The molecule has 1 aromatic heterocycles. The third-order valence-electron chi connectivity index (χ3n) is 4.32. The molecule has 0 atom stereocenters. The second-order valence-corrected chi connectivity index (χ2v) is 6.27. The summed E-state index contributed by atoms with van der Waals surface area (Å²) >= 11 is 5.93. The first kappa shape index (κ1) is 17.9. The molecule has 0 spiro atoms. The van der Waals surface area contributed by atoms with E-state index in [1.165, 1.54) is 0 Å². The Kier molecular flexibility index (Phi) is 5.16. The zero-order valence-electron chi connectivity index (χ0n) is 14.4. The number of hydrogen-bond donors (Lipinski definition) is 1. The van der Waals surface area contributed by atoms with Gasteiger partial charge in [-0.1, -0.05) is 16.7 Å². The number of aromatic nitrogens is 1. The maximum Gasteiger partial charge on any atom is 0.197 e. The molecule has 0 radical (unpaired) electrons. The first-order valence-electron chi connectivity index (χ1n) is 8.06. The first-order valence-corrected chi connectivity index (χ1v) is 8.44. The van der Waals surface area contributed by atoms with Crippen LogP contribution in [-0.2, 0) is 6.42 Å². The van der Waals surface area contributed by atoms with Gasteiger partial charge in [-0.2, -0.15) is 0 Å². The van der Waals surface area contributed by atoms with Crippen LogP contribution in [0.2, 0.25) is 5.02 Å². The molecule has 0 aliphatic heterocycles. The summed E-state index contributed by atoms with van der Waals surface area (Å²) < 4.78 is 5.47. The van der Waals surface area contributed by atoms with E-state index >= 15 is 0 Å². The van der Waals surface area contributed by atoms with Crippen molar-refractivity contribution in [2.45, 2.75) is 13.3 Å². The van der Waals surface area contributed by atoms with Gasteiger partial charge < -0.3 is 9.72 Å². The number of ketones is 1. The van der Waals surface area contributed by atoms with Crippen LogP contribution >= 0.6 is 11.6 Å². The van der Waals surface area contributed by atoms with Crippen molar-refractivity contribution in [2.24, 2.45) is 5.11 Å². The fraction of sp³-hybridized carbons (Fsp3) is 0.211. The third kappa shape index (κ3) is 3.25. The summed E-state index contributed by atoms with van der Waals surface area (Å²) in [6, 6.07) is 10.4. The number of carbonyl (C=O) groups is 1. The maximum absolute atomic E-state index is 13.2. The lowest BCUT2D eigenvalue weighted by Gasteiger charge is -2.11. The molecule has 7 heteroatoms. The van der Waals surface area contributed by atoms with Crippen molar-refractivity contribution < 1.29 is 9.53 Å². The van der Waals surface area contributed by atoms with E-state index in [0.717, 1.165) is 22.2 Å². The van der Waals surface area contributed by atoms with Crippen molar-refractivity contribution in [1.29, 1.82) is 0 Å². The van der Waals surface area contributed by atoms with Crippen LogP contribution in [0.1, 0.15) is 27.2 Å². The zero-order valence-corrected chi connectivity index (χ0v) is 15.2. The number of carbonyl (C=O) groups excluding carboxylic acids is 1. The lowest BCUT2D eigenvalue weighted by molar-refractivity contribution is 0.103. The number of nitrogens with zero attached hydrogens (tertiary/aromatic N) is 3. The number of fused-ring (bicyclic) bond motifs is 1. The van der Waals surface area contributed by atoms with Gasteiger partial charge in [-0.15, -0.1) is 0 Å². The lowest BCUT2D eigenvalue weighted by atomic mass is 9.95. The smallest absolute Gasteiger partial charge is 0.197 e. The minimum atomic E-state index is -0.145. The van der Waals surface area contributed by atoms with E-state index in [1.807, 2.05) is 13.0 Å². The normalized spacial score (nSPS) is 10.6. The second-order valence-electron chi connectivity index (χ2n) is 5.83. The summed E-state index contributed by atoms with van der Waals surface area (Å²) in [5.41, 5.74) is 12.3. The average Bonchev–Trinajstić information content (AvgIpc) is 2.96. The van der Waals surface area contributed by atoms with Crippen molar-refractivity contribution in [3.05, 3.63) is 74.2 Å². The van der Waals surface area contributed by atoms with Crippen molar-refractivity contribution >= 4 is 28.3 Å². The van der Waals surface area contributed by atoms with E-state index in [9.17, 15) is 4.79 Å². The minimum absolute atomic E-state index is 0.145. The molecule has 0 saturated carbocycles. The highest BCUT2D eigenvalue weighted by atomic mass is 35.5. The van der Waals surface area contributed by atoms with E-state index in [0.29, 0.717) is 34.9 Å². The average molecular weight is 369 g/mol. The van der Waals surface area contributed by atoms with Crippen molar-refractivity contribution in [3.63, 3.8) is 0 Å². The Hall–Kier alpha value is -2.95. The topological polar surface area (TPSA) is 90.8 Å². The third-order valence-corrected chi connectivity index (χ3v) is 4.57. The molecule has 2 aromatic carbocycles. The molecule has 6 nitrogen and oxygen atoms in total. The number of ether oxygens (including phenoxy) is 1. The molecule has 0 aliphatic carbocycles. The van der Waals surface area contributed by atoms with Crippen LogP contribution in [0.4, 0.5) is 0 Å². The van der Waals surface area contributed by atoms with Gasteiger partial charge in [0.25, 0.3) is 0 Å². The number of benzene rings is 2. The minimum Gasteiger partial charge on any atom is -0.496 e. The van der Waals surface area contributed by atoms with Crippen LogP contribution in [0.5, 0.6) is 5.75 Å². The number of H-pyrrole nitrogens is 1. The van der Waals surface area contributed by atoms with E-state index in [1.54, 1.807) is 37.4 Å². The molecular weight excluding hydrogens is 352 g/mol. The Balaban J connectivity index is 2.22. The van der Waals surface area contributed by atoms with Crippen molar-refractivity contribution in [3.8, 4) is 5.75 Å². The Morgan fingerprint density at radius 2 is 2.00 bits per heavy atom. The van der Waals surface area contributed by atoms with Crippen LogP contribution in [-0.4, -0.2) is 24.4 Å². The summed E-state index contributed by atoms with van der Waals surface area (Å²) in [6.07, 6.45) is 0.532. The van der Waals surface area contributed by atoms with E-state index < -0.39 is 0 Å². The van der Waals surface area contributed by atoms with Gasteiger partial charge >= 0.3 is 0 Å². The number of aromatic amines is 1. The molecule has 1 N–H and O–H groups in total. The summed E-state index contributed by atoms with van der Waals surface area (Å²) in [5, 5.41) is 4.99. The molecule has 3 aromatic rings. The van der Waals surface area contributed by atoms with Gasteiger partial charge in [-0.25, -0.2) is 0 Å². The fourth-order valence-corrected chi connectivity index (χ4v) is 3.25. The number of rotatable bonds is 6. The molecule has 26 heavy (non-hydrogen) atoms. The standard InChI is InChI=1S/C19H17ClN4O2/c1-11-14(9-10-22-24-21)17-15(23-11)7-8-16(26-2)18(17)19(25)12-3-5-13(20)6-4-12/h3-8,23H,9-10H2,1-2H3. The number of halogens is 1. The first-order chi connectivity index (χ1) is 12.6. The van der Waals surface area contributed by atoms with Crippen LogP contribution < -0.4 is 4.74 Å². The molecule has 132 valence electrons. The van der Waals surface area contributed by atoms with Gasteiger partial charge in [0, 0.05) is 38.6 Å². The Labute approximate surface area is 155 Å². The monoisotopic (exact) mass is 368 g/mol. The van der Waals surface area contributed by atoms with Crippen molar-refractivity contribution in [1.82, 2.24) is 4.98 Å². The lowest BCUT2D eigenvalue weighted by Crippen LogP contribution is -2.06. The Bertz CT molecular complexity index is 1020. The number of nitrogens with one attached hydrogen (secondary N) is 1. The van der Waals surface area contributed by atoms with Gasteiger partial charge in [-0.3, -0.25) is 4.79 Å². The summed E-state index contributed by atoms with van der Waals surface area (Å²) in [6.45, 7) is 2.25. The number of azide groups is 1.